The number of rotatable bonds is 4. The van der Waals surface area contributed by atoms with Crippen LogP contribution in [0.4, 0.5) is 5.69 Å². The summed E-state index contributed by atoms with van der Waals surface area (Å²) in [5, 5.41) is 7.33. The molecule has 1 N–H and O–H groups in total. The first-order valence-corrected chi connectivity index (χ1v) is 4.99. The molecule has 0 spiro atoms. The Labute approximate surface area is 94.1 Å². The quantitative estimate of drug-likeness (QED) is 0.843. The molecule has 0 bridgehead atoms. The van der Waals surface area contributed by atoms with Crippen LogP contribution in [0, 0.1) is 0 Å². The monoisotopic (exact) mass is 218 g/mol. The third kappa shape index (κ3) is 2.50. The maximum Gasteiger partial charge on any atom is 0.212 e. The lowest BCUT2D eigenvalue weighted by atomic mass is 10.3. The molecule has 0 amide bonds. The molecule has 0 atom stereocenters. The Morgan fingerprint density at radius 1 is 1.38 bits per heavy atom. The third-order valence-corrected chi connectivity index (χ3v) is 2.21. The smallest absolute Gasteiger partial charge is 0.212 e. The van der Waals surface area contributed by atoms with Gasteiger partial charge in [-0.1, -0.05) is 6.07 Å². The lowest BCUT2D eigenvalue weighted by Gasteiger charge is -2.04. The molecule has 84 valence electrons. The molecule has 0 fully saturated rings. The van der Waals surface area contributed by atoms with E-state index in [1.165, 1.54) is 0 Å². The van der Waals surface area contributed by atoms with E-state index >= 15 is 0 Å². The van der Waals surface area contributed by atoms with E-state index in [0.29, 0.717) is 5.88 Å². The molecular weight excluding hydrogens is 204 g/mol. The molecule has 2 rings (SSSR count). The van der Waals surface area contributed by atoms with Gasteiger partial charge < -0.3 is 10.1 Å². The van der Waals surface area contributed by atoms with Crippen molar-refractivity contribution in [1.82, 2.24) is 14.8 Å². The summed E-state index contributed by atoms with van der Waals surface area (Å²) in [6.07, 6.45) is 5.51. The van der Waals surface area contributed by atoms with Crippen molar-refractivity contribution >= 4 is 5.69 Å². The van der Waals surface area contributed by atoms with Crippen LogP contribution in [0.25, 0.3) is 0 Å². The van der Waals surface area contributed by atoms with Gasteiger partial charge in [0.2, 0.25) is 5.88 Å². The minimum absolute atomic E-state index is 0.630. The molecular formula is C11H14N4O. The second kappa shape index (κ2) is 4.65. The topological polar surface area (TPSA) is 52.0 Å². The number of methoxy groups -OCH3 is 1. The van der Waals surface area contributed by atoms with E-state index in [4.69, 9.17) is 4.74 Å². The van der Waals surface area contributed by atoms with E-state index in [9.17, 15) is 0 Å². The van der Waals surface area contributed by atoms with Crippen molar-refractivity contribution < 1.29 is 4.74 Å². The Kier molecular flexibility index (Phi) is 3.05. The number of nitrogens with zero attached hydrogens (tertiary/aromatic N) is 3. The summed E-state index contributed by atoms with van der Waals surface area (Å²) in [5.74, 6) is 0.630. The molecule has 0 aliphatic heterocycles. The summed E-state index contributed by atoms with van der Waals surface area (Å²) >= 11 is 0. The van der Waals surface area contributed by atoms with Crippen LogP contribution < -0.4 is 10.1 Å². The molecule has 2 aromatic rings. The Morgan fingerprint density at radius 3 is 2.81 bits per heavy atom. The fraction of sp³-hybridized carbons (Fsp3) is 0.273. The lowest BCUT2D eigenvalue weighted by Crippen LogP contribution is -1.99. The molecule has 0 aliphatic carbocycles. The van der Waals surface area contributed by atoms with Crippen LogP contribution in [0.1, 0.15) is 5.56 Å². The number of nitrogens with one attached hydrogen (secondary N) is 1. The van der Waals surface area contributed by atoms with Gasteiger partial charge in [-0.25, -0.2) is 4.98 Å². The number of aromatic nitrogens is 3. The van der Waals surface area contributed by atoms with Gasteiger partial charge in [0.15, 0.2) is 0 Å². The van der Waals surface area contributed by atoms with Crippen LogP contribution >= 0.6 is 0 Å². The van der Waals surface area contributed by atoms with Gasteiger partial charge in [0.1, 0.15) is 0 Å². The summed E-state index contributed by atoms with van der Waals surface area (Å²) in [6, 6.07) is 3.83. The Bertz CT molecular complexity index is 449. The van der Waals surface area contributed by atoms with Crippen LogP contribution in [-0.4, -0.2) is 21.9 Å². The van der Waals surface area contributed by atoms with Crippen molar-refractivity contribution in [2.45, 2.75) is 6.54 Å². The van der Waals surface area contributed by atoms with Crippen molar-refractivity contribution in [2.75, 3.05) is 12.4 Å². The summed E-state index contributed by atoms with van der Waals surface area (Å²) in [4.78, 5) is 4.13. The van der Waals surface area contributed by atoms with Crippen LogP contribution in [0.3, 0.4) is 0 Å². The SMILES string of the molecule is COc1ccc(CNc2cnn(C)c2)cn1. The first kappa shape index (κ1) is 10.5. The number of aryl methyl sites for hydroxylation is 1. The van der Waals surface area contributed by atoms with Crippen molar-refractivity contribution in [3.63, 3.8) is 0 Å². The Morgan fingerprint density at radius 2 is 2.25 bits per heavy atom. The highest BCUT2D eigenvalue weighted by atomic mass is 16.5. The zero-order valence-electron chi connectivity index (χ0n) is 9.34. The van der Waals surface area contributed by atoms with Crippen LogP contribution in [0.15, 0.2) is 30.7 Å². The van der Waals surface area contributed by atoms with E-state index in [1.807, 2.05) is 25.4 Å². The van der Waals surface area contributed by atoms with E-state index in [1.54, 1.807) is 24.2 Å². The highest BCUT2D eigenvalue weighted by Crippen LogP contribution is 2.09. The predicted octanol–water partition coefficient (Wildman–Crippen LogP) is 1.44. The molecule has 2 heterocycles. The van der Waals surface area contributed by atoms with E-state index in [2.05, 4.69) is 15.4 Å². The fourth-order valence-corrected chi connectivity index (χ4v) is 1.35. The highest BCUT2D eigenvalue weighted by molar-refractivity contribution is 5.38. The van der Waals surface area contributed by atoms with Gasteiger partial charge in [-0.05, 0) is 5.56 Å². The number of hydrogen-bond donors (Lipinski definition) is 1. The minimum atomic E-state index is 0.630. The summed E-state index contributed by atoms with van der Waals surface area (Å²) in [5.41, 5.74) is 2.10. The third-order valence-electron chi connectivity index (χ3n) is 2.21. The van der Waals surface area contributed by atoms with Crippen LogP contribution in [0.2, 0.25) is 0 Å². The fourth-order valence-electron chi connectivity index (χ4n) is 1.35. The molecule has 0 saturated heterocycles. The second-order valence-corrected chi connectivity index (χ2v) is 3.47. The molecule has 0 unspecified atom stereocenters. The molecule has 5 nitrogen and oxygen atoms in total. The standard InChI is InChI=1S/C11H14N4O/c1-15-8-10(7-14-15)12-5-9-3-4-11(16-2)13-6-9/h3-4,6-8,12H,5H2,1-2H3. The number of pyridine rings is 1. The maximum absolute atomic E-state index is 4.99. The number of anilines is 1. The molecule has 0 aromatic carbocycles. The van der Waals surface area contributed by atoms with Crippen molar-refractivity contribution in [3.8, 4) is 5.88 Å². The van der Waals surface area contributed by atoms with Gasteiger partial charge >= 0.3 is 0 Å². The van der Waals surface area contributed by atoms with Gasteiger partial charge in [-0.15, -0.1) is 0 Å². The molecule has 2 aromatic heterocycles. The number of ether oxygens (including phenoxy) is 1. The average molecular weight is 218 g/mol. The summed E-state index contributed by atoms with van der Waals surface area (Å²) in [6.45, 7) is 0.725. The van der Waals surface area contributed by atoms with Gasteiger partial charge in [0, 0.05) is 32.1 Å². The molecule has 5 heteroatoms. The first-order chi connectivity index (χ1) is 7.78. The van der Waals surface area contributed by atoms with E-state index in [-0.39, 0.29) is 0 Å². The number of hydrogen-bond acceptors (Lipinski definition) is 4. The van der Waals surface area contributed by atoms with Gasteiger partial charge in [-0.2, -0.15) is 5.10 Å². The normalized spacial score (nSPS) is 10.1. The summed E-state index contributed by atoms with van der Waals surface area (Å²) < 4.78 is 6.75. The Hall–Kier alpha value is -2.04. The van der Waals surface area contributed by atoms with Crippen LogP contribution in [0.5, 0.6) is 5.88 Å². The first-order valence-electron chi connectivity index (χ1n) is 4.99. The highest BCUT2D eigenvalue weighted by Gasteiger charge is 1.97. The Balaban J connectivity index is 1.94. The van der Waals surface area contributed by atoms with E-state index < -0.39 is 0 Å². The zero-order chi connectivity index (χ0) is 11.4. The van der Waals surface area contributed by atoms with Gasteiger partial charge in [-0.3, -0.25) is 4.68 Å². The van der Waals surface area contributed by atoms with Gasteiger partial charge in [0.25, 0.3) is 0 Å². The molecule has 0 saturated carbocycles. The van der Waals surface area contributed by atoms with Crippen LogP contribution in [-0.2, 0) is 13.6 Å². The predicted molar refractivity (Wildman–Crippen MR) is 61.3 cm³/mol. The van der Waals surface area contributed by atoms with Crippen molar-refractivity contribution in [3.05, 3.63) is 36.3 Å². The van der Waals surface area contributed by atoms with Crippen molar-refractivity contribution in [1.29, 1.82) is 0 Å². The maximum atomic E-state index is 4.99. The summed E-state index contributed by atoms with van der Waals surface area (Å²) in [7, 11) is 3.50. The molecule has 0 radical (unpaired) electrons. The average Bonchev–Trinajstić information content (AvgIpc) is 2.73. The van der Waals surface area contributed by atoms with E-state index in [0.717, 1.165) is 17.8 Å². The second-order valence-electron chi connectivity index (χ2n) is 3.47. The molecule has 0 aliphatic rings. The minimum Gasteiger partial charge on any atom is -0.481 e. The zero-order valence-corrected chi connectivity index (χ0v) is 9.34. The lowest BCUT2D eigenvalue weighted by molar-refractivity contribution is 0.397. The largest absolute Gasteiger partial charge is 0.481 e. The van der Waals surface area contributed by atoms with Crippen molar-refractivity contribution in [2.24, 2.45) is 7.05 Å². The molecule has 16 heavy (non-hydrogen) atoms. The van der Waals surface area contributed by atoms with Gasteiger partial charge in [0.05, 0.1) is 19.0 Å².